The number of Topliss-reactive ketones (excluding diaryl/α,β-unsaturated/α-hetero) is 1. The van der Waals surface area contributed by atoms with E-state index in [9.17, 15) is 4.79 Å². The van der Waals surface area contributed by atoms with Crippen molar-refractivity contribution >= 4 is 22.5 Å². The average molecular weight is 411 g/mol. The van der Waals surface area contributed by atoms with E-state index in [0.717, 1.165) is 59.7 Å². The number of carbonyl (C=O) groups excluding carboxylic acids is 1. The highest BCUT2D eigenvalue weighted by molar-refractivity contribution is 6.11. The minimum absolute atomic E-state index is 0.160. The number of carbonyl (C=O) groups is 1. The molecule has 0 bridgehead atoms. The van der Waals surface area contributed by atoms with E-state index >= 15 is 0 Å². The van der Waals surface area contributed by atoms with Crippen molar-refractivity contribution in [3.8, 4) is 0 Å². The van der Waals surface area contributed by atoms with E-state index in [-0.39, 0.29) is 11.8 Å². The maximum Gasteiger partial charge on any atom is 0.186 e. The van der Waals surface area contributed by atoms with Crippen molar-refractivity contribution in [3.05, 3.63) is 95.8 Å². The van der Waals surface area contributed by atoms with Crippen LogP contribution < -0.4 is 4.90 Å². The molecule has 5 heteroatoms. The molecule has 156 valence electrons. The summed E-state index contributed by atoms with van der Waals surface area (Å²) in [5.41, 5.74) is 3.79. The zero-order valence-corrected chi connectivity index (χ0v) is 17.7. The van der Waals surface area contributed by atoms with Gasteiger partial charge < -0.3 is 9.88 Å². The number of hydrogen-bond donors (Lipinski definition) is 1. The van der Waals surface area contributed by atoms with Crippen molar-refractivity contribution in [1.29, 1.82) is 0 Å². The van der Waals surface area contributed by atoms with Gasteiger partial charge in [0.2, 0.25) is 0 Å². The lowest BCUT2D eigenvalue weighted by Gasteiger charge is -2.39. The van der Waals surface area contributed by atoms with Gasteiger partial charge >= 0.3 is 0 Å². The number of fused-ring (bicyclic) bond motifs is 1. The maximum atomic E-state index is 14.0. The van der Waals surface area contributed by atoms with Crippen LogP contribution in [0.15, 0.2) is 79.0 Å². The summed E-state index contributed by atoms with van der Waals surface area (Å²) in [5, 5.41) is 0.998. The Kier molecular flexibility index (Phi) is 5.26. The Bertz CT molecular complexity index is 1180. The number of nitrogens with one attached hydrogen (secondary N) is 1. The molecular formula is C26H26N4O. The number of aromatic nitrogens is 2. The molecule has 4 aromatic rings. The third kappa shape index (κ3) is 3.73. The number of ketones is 1. The fourth-order valence-electron chi connectivity index (χ4n) is 4.64. The molecule has 2 aromatic carbocycles. The molecule has 1 fully saturated rings. The Morgan fingerprint density at radius 3 is 2.35 bits per heavy atom. The SMILES string of the molecule is Cc1[nH]c2ccccc2c1C(=O)[C@@H](c1ccccc1)N1CCN(c2ccccn2)CC1. The first-order chi connectivity index (χ1) is 15.2. The highest BCUT2D eigenvalue weighted by Crippen LogP contribution is 2.32. The topological polar surface area (TPSA) is 52.2 Å². The number of H-pyrrole nitrogens is 1. The Morgan fingerprint density at radius 1 is 0.903 bits per heavy atom. The van der Waals surface area contributed by atoms with Gasteiger partial charge in [-0.15, -0.1) is 0 Å². The number of benzene rings is 2. The highest BCUT2D eigenvalue weighted by atomic mass is 16.1. The van der Waals surface area contributed by atoms with E-state index in [4.69, 9.17) is 0 Å². The van der Waals surface area contributed by atoms with Crippen LogP contribution in [-0.2, 0) is 0 Å². The van der Waals surface area contributed by atoms with E-state index in [1.54, 1.807) is 0 Å². The second-order valence-corrected chi connectivity index (χ2v) is 8.06. The molecule has 1 saturated heterocycles. The number of para-hydroxylation sites is 1. The monoisotopic (exact) mass is 410 g/mol. The van der Waals surface area contributed by atoms with Gasteiger partial charge in [-0.25, -0.2) is 4.98 Å². The van der Waals surface area contributed by atoms with Crippen molar-refractivity contribution in [2.24, 2.45) is 0 Å². The zero-order valence-electron chi connectivity index (χ0n) is 17.7. The molecule has 0 spiro atoms. The van der Waals surface area contributed by atoms with Crippen LogP contribution in [0.5, 0.6) is 0 Å². The van der Waals surface area contributed by atoms with Crippen LogP contribution in [0.1, 0.15) is 27.7 Å². The Hall–Kier alpha value is -3.44. The predicted octanol–water partition coefficient (Wildman–Crippen LogP) is 4.62. The first-order valence-electron chi connectivity index (χ1n) is 10.8. The van der Waals surface area contributed by atoms with Gasteiger partial charge in [-0.2, -0.15) is 0 Å². The lowest BCUT2D eigenvalue weighted by atomic mass is 9.93. The molecule has 0 saturated carbocycles. The molecule has 0 aliphatic carbocycles. The van der Waals surface area contributed by atoms with Gasteiger partial charge in [-0.3, -0.25) is 9.69 Å². The van der Waals surface area contributed by atoms with Crippen LogP contribution >= 0.6 is 0 Å². The van der Waals surface area contributed by atoms with Crippen LogP contribution in [-0.4, -0.2) is 46.8 Å². The summed E-state index contributed by atoms with van der Waals surface area (Å²) in [7, 11) is 0. The third-order valence-corrected chi connectivity index (χ3v) is 6.16. The quantitative estimate of drug-likeness (QED) is 0.488. The molecule has 31 heavy (non-hydrogen) atoms. The van der Waals surface area contributed by atoms with E-state index in [0.29, 0.717) is 0 Å². The molecule has 0 unspecified atom stereocenters. The van der Waals surface area contributed by atoms with Crippen molar-refractivity contribution in [2.45, 2.75) is 13.0 Å². The number of anilines is 1. The molecule has 0 radical (unpaired) electrons. The molecule has 1 N–H and O–H groups in total. The second-order valence-electron chi connectivity index (χ2n) is 8.06. The molecule has 1 atom stereocenters. The van der Waals surface area contributed by atoms with Crippen LogP contribution in [0.4, 0.5) is 5.82 Å². The second kappa shape index (κ2) is 8.36. The molecular weight excluding hydrogens is 384 g/mol. The number of hydrogen-bond acceptors (Lipinski definition) is 4. The normalized spacial score (nSPS) is 15.8. The van der Waals surface area contributed by atoms with Gasteiger partial charge in [-0.1, -0.05) is 54.6 Å². The smallest absolute Gasteiger partial charge is 0.186 e. The standard InChI is InChI=1S/C26H26N4O/c1-19-24(21-11-5-6-12-22(21)28-19)26(31)25(20-9-3-2-4-10-20)30-17-15-29(16-18-30)23-13-7-8-14-27-23/h2-14,25,28H,15-18H2,1H3/t25-/m1/s1. The van der Waals surface area contributed by atoms with Gasteiger partial charge in [0.15, 0.2) is 5.78 Å². The lowest BCUT2D eigenvalue weighted by molar-refractivity contribution is 0.0807. The molecule has 1 aliphatic heterocycles. The van der Waals surface area contributed by atoms with Gasteiger partial charge in [0.05, 0.1) is 6.04 Å². The van der Waals surface area contributed by atoms with Crippen molar-refractivity contribution in [3.63, 3.8) is 0 Å². The van der Waals surface area contributed by atoms with E-state index in [1.165, 1.54) is 0 Å². The minimum Gasteiger partial charge on any atom is -0.358 e. The summed E-state index contributed by atoms with van der Waals surface area (Å²) in [5.74, 6) is 1.16. The molecule has 5 rings (SSSR count). The molecule has 2 aromatic heterocycles. The minimum atomic E-state index is -0.301. The van der Waals surface area contributed by atoms with Crippen LogP contribution in [0.3, 0.4) is 0 Å². The average Bonchev–Trinajstić information content (AvgIpc) is 3.16. The van der Waals surface area contributed by atoms with Crippen molar-refractivity contribution in [1.82, 2.24) is 14.9 Å². The van der Waals surface area contributed by atoms with Gasteiger partial charge in [0.1, 0.15) is 5.82 Å². The van der Waals surface area contributed by atoms with E-state index < -0.39 is 0 Å². The van der Waals surface area contributed by atoms with Gasteiger partial charge in [0, 0.05) is 54.5 Å². The molecule has 5 nitrogen and oxygen atoms in total. The maximum absolute atomic E-state index is 14.0. The van der Waals surface area contributed by atoms with Gasteiger partial charge in [0.25, 0.3) is 0 Å². The lowest BCUT2D eigenvalue weighted by Crippen LogP contribution is -2.49. The van der Waals surface area contributed by atoms with Crippen molar-refractivity contribution in [2.75, 3.05) is 31.1 Å². The first-order valence-corrected chi connectivity index (χ1v) is 10.8. The van der Waals surface area contributed by atoms with Crippen LogP contribution in [0.25, 0.3) is 10.9 Å². The summed E-state index contributed by atoms with van der Waals surface area (Å²) in [6, 6.07) is 23.9. The fourth-order valence-corrected chi connectivity index (χ4v) is 4.64. The van der Waals surface area contributed by atoms with Crippen LogP contribution in [0, 0.1) is 6.92 Å². The summed E-state index contributed by atoms with van der Waals surface area (Å²) in [6.07, 6.45) is 1.83. The summed E-state index contributed by atoms with van der Waals surface area (Å²) in [4.78, 5) is 26.5. The zero-order chi connectivity index (χ0) is 21.2. The Balaban J connectivity index is 1.47. The molecule has 1 aliphatic rings. The van der Waals surface area contributed by atoms with Crippen molar-refractivity contribution < 1.29 is 4.79 Å². The molecule has 3 heterocycles. The number of pyridine rings is 1. The predicted molar refractivity (Wildman–Crippen MR) is 125 cm³/mol. The molecule has 0 amide bonds. The summed E-state index contributed by atoms with van der Waals surface area (Å²) < 4.78 is 0. The number of aromatic amines is 1. The highest BCUT2D eigenvalue weighted by Gasteiger charge is 2.33. The Labute approximate surface area is 182 Å². The van der Waals surface area contributed by atoms with Crippen LogP contribution in [0.2, 0.25) is 0 Å². The largest absolute Gasteiger partial charge is 0.358 e. The third-order valence-electron chi connectivity index (χ3n) is 6.16. The van der Waals surface area contributed by atoms with E-state index in [1.807, 2.05) is 73.8 Å². The number of rotatable bonds is 5. The Morgan fingerprint density at radius 2 is 1.61 bits per heavy atom. The number of aryl methyl sites for hydroxylation is 1. The summed E-state index contributed by atoms with van der Waals surface area (Å²) >= 11 is 0. The number of piperazine rings is 1. The summed E-state index contributed by atoms with van der Waals surface area (Å²) in [6.45, 7) is 5.31. The fraction of sp³-hybridized carbons (Fsp3) is 0.231. The van der Waals surface area contributed by atoms with Gasteiger partial charge in [-0.05, 0) is 30.7 Å². The first kappa shape index (κ1) is 19.5. The number of nitrogens with zero attached hydrogens (tertiary/aromatic N) is 3. The van der Waals surface area contributed by atoms with E-state index in [2.05, 4.69) is 31.9 Å².